The smallest absolute Gasteiger partial charge is 0.374 e. The van der Waals surface area contributed by atoms with Crippen molar-refractivity contribution in [3.63, 3.8) is 0 Å². The Kier molecular flexibility index (Phi) is 10.1. The van der Waals surface area contributed by atoms with Crippen molar-refractivity contribution in [2.24, 2.45) is 17.8 Å². The number of aryl methyl sites for hydroxylation is 3. The average molecular weight is 561 g/mol. The van der Waals surface area contributed by atoms with Crippen molar-refractivity contribution in [1.82, 2.24) is 0 Å². The Morgan fingerprint density at radius 3 is 2.32 bits per heavy atom. The molecule has 0 bridgehead atoms. The summed E-state index contributed by atoms with van der Waals surface area (Å²) in [6, 6.07) is 16.1. The molecule has 0 radical (unpaired) electrons. The molecule has 0 saturated carbocycles. The van der Waals surface area contributed by atoms with E-state index in [4.69, 9.17) is 13.9 Å². The minimum Gasteiger partial charge on any atom is -0.455 e. The third-order valence-corrected chi connectivity index (χ3v) is 7.75. The highest BCUT2D eigenvalue weighted by Gasteiger charge is 2.44. The molecule has 0 amide bonds. The Balaban J connectivity index is 1.36. The van der Waals surface area contributed by atoms with Gasteiger partial charge in [-0.15, -0.1) is 0 Å². The number of hydrogen-bond acceptors (Lipinski definition) is 6. The van der Waals surface area contributed by atoms with Gasteiger partial charge in [-0.25, -0.2) is 9.59 Å². The summed E-state index contributed by atoms with van der Waals surface area (Å²) in [6.45, 7) is 10.2. The summed E-state index contributed by atoms with van der Waals surface area (Å²) in [7, 11) is 0. The lowest BCUT2D eigenvalue weighted by molar-refractivity contribution is -0.154. The number of rotatable bonds is 13. The zero-order chi connectivity index (χ0) is 29.6. The van der Waals surface area contributed by atoms with E-state index in [2.05, 4.69) is 58.9 Å². The highest BCUT2D eigenvalue weighted by molar-refractivity contribution is 5.93. The Hall–Kier alpha value is -3.38. The second-order valence-electron chi connectivity index (χ2n) is 12.5. The number of hydrogen-bond donors (Lipinski definition) is 1. The molecule has 1 aliphatic rings. The van der Waals surface area contributed by atoms with Gasteiger partial charge in [0.15, 0.2) is 5.60 Å². The molecule has 0 unspecified atom stereocenters. The number of aliphatic hydroxyl groups is 1. The molecule has 1 saturated heterocycles. The van der Waals surface area contributed by atoms with E-state index in [9.17, 15) is 14.7 Å². The van der Waals surface area contributed by atoms with Gasteiger partial charge in [-0.2, -0.15) is 0 Å². The molecule has 2 heterocycles. The van der Waals surface area contributed by atoms with E-state index < -0.39 is 24.1 Å². The number of benzene rings is 2. The molecule has 0 aliphatic carbocycles. The molecule has 41 heavy (non-hydrogen) atoms. The van der Waals surface area contributed by atoms with Gasteiger partial charge >= 0.3 is 11.9 Å². The number of ether oxygens (including phenoxy) is 2. The van der Waals surface area contributed by atoms with E-state index in [0.29, 0.717) is 28.9 Å². The number of allylic oxidation sites excluding steroid dienone is 1. The molecule has 1 N–H and O–H groups in total. The van der Waals surface area contributed by atoms with Crippen molar-refractivity contribution in [1.29, 1.82) is 0 Å². The van der Waals surface area contributed by atoms with Crippen LogP contribution in [-0.4, -0.2) is 35.9 Å². The fourth-order valence-corrected chi connectivity index (χ4v) is 5.68. The van der Waals surface area contributed by atoms with Gasteiger partial charge in [0.2, 0.25) is 5.76 Å². The van der Waals surface area contributed by atoms with Crippen LogP contribution >= 0.6 is 0 Å². The number of fused-ring (bicyclic) bond motifs is 1. The number of furan rings is 1. The van der Waals surface area contributed by atoms with Gasteiger partial charge in [-0.1, -0.05) is 69.7 Å². The first-order valence-electron chi connectivity index (χ1n) is 14.8. The second-order valence-corrected chi connectivity index (χ2v) is 12.5. The van der Waals surface area contributed by atoms with Crippen LogP contribution < -0.4 is 0 Å². The van der Waals surface area contributed by atoms with Gasteiger partial charge in [-0.05, 0) is 86.1 Å². The lowest BCUT2D eigenvalue weighted by atomic mass is 9.86. The fraction of sp³-hybridized carbons (Fsp3) is 0.486. The zero-order valence-electron chi connectivity index (χ0n) is 25.1. The summed E-state index contributed by atoms with van der Waals surface area (Å²) >= 11 is 0. The van der Waals surface area contributed by atoms with Crippen molar-refractivity contribution in [2.75, 3.05) is 13.2 Å². The highest BCUT2D eigenvalue weighted by atomic mass is 16.6. The van der Waals surface area contributed by atoms with Crippen LogP contribution in [0, 0.1) is 24.7 Å². The van der Waals surface area contributed by atoms with Gasteiger partial charge in [-0.3, -0.25) is 0 Å². The monoisotopic (exact) mass is 560 g/mol. The van der Waals surface area contributed by atoms with Crippen LogP contribution in [0.15, 0.2) is 64.6 Å². The first-order valence-corrected chi connectivity index (χ1v) is 14.8. The molecule has 1 atom stereocenters. The van der Waals surface area contributed by atoms with Crippen molar-refractivity contribution in [2.45, 2.75) is 78.7 Å². The van der Waals surface area contributed by atoms with Crippen LogP contribution in [-0.2, 0) is 27.1 Å². The van der Waals surface area contributed by atoms with Crippen LogP contribution in [0.3, 0.4) is 0 Å². The predicted octanol–water partition coefficient (Wildman–Crippen LogP) is 7.39. The third-order valence-electron chi connectivity index (χ3n) is 7.75. The number of cyclic esters (lactones) is 1. The maximum atomic E-state index is 12.9. The molecule has 2 aromatic carbocycles. The summed E-state index contributed by atoms with van der Waals surface area (Å²) in [5.41, 5.74) is 3.53. The topological polar surface area (TPSA) is 86.0 Å². The molecule has 220 valence electrons. The molecule has 4 rings (SSSR count). The minimum atomic E-state index is -1.28. The Labute approximate surface area is 243 Å². The third kappa shape index (κ3) is 8.32. The van der Waals surface area contributed by atoms with Gasteiger partial charge in [0, 0.05) is 17.4 Å². The molecule has 6 heteroatoms. The molecule has 1 aromatic heterocycles. The van der Waals surface area contributed by atoms with Gasteiger partial charge in [0.25, 0.3) is 0 Å². The van der Waals surface area contributed by atoms with E-state index in [1.165, 1.54) is 11.1 Å². The Bertz CT molecular complexity index is 1350. The van der Waals surface area contributed by atoms with Crippen molar-refractivity contribution < 1.29 is 28.6 Å². The average Bonchev–Trinajstić information content (AvgIpc) is 3.50. The van der Waals surface area contributed by atoms with Crippen LogP contribution in [0.5, 0.6) is 0 Å². The normalized spacial score (nSPS) is 18.3. The predicted molar refractivity (Wildman–Crippen MR) is 161 cm³/mol. The second kappa shape index (κ2) is 13.5. The zero-order valence-corrected chi connectivity index (χ0v) is 25.1. The van der Waals surface area contributed by atoms with E-state index in [1.807, 2.05) is 24.3 Å². The van der Waals surface area contributed by atoms with E-state index in [0.717, 1.165) is 43.1 Å². The minimum absolute atomic E-state index is 0.0778. The van der Waals surface area contributed by atoms with E-state index in [-0.39, 0.29) is 18.8 Å². The number of carbonyl (C=O) groups excluding carboxylic acids is 2. The van der Waals surface area contributed by atoms with Crippen LogP contribution in [0.1, 0.15) is 80.6 Å². The molecule has 1 fully saturated rings. The standard InChI is InChI=1S/C35H44O6/c1-23(2)16-28(17-24(3)4)12-14-29-20-35(21-36,41-33(29)37)22-39-34(38)32-19-30-18-27(13-15-31(30)40-32)11-10-26-8-6-25(5)7-9-26/h6-9,13-15,18-19,23-24,28,36H,10-12,16-17,20-22H2,1-5H3/b29-14+/t35-/m1/s1. The molecule has 0 spiro atoms. The summed E-state index contributed by atoms with van der Waals surface area (Å²) < 4.78 is 16.8. The lowest BCUT2D eigenvalue weighted by Crippen LogP contribution is -2.39. The highest BCUT2D eigenvalue weighted by Crippen LogP contribution is 2.33. The summed E-state index contributed by atoms with van der Waals surface area (Å²) in [5.74, 6) is 0.601. The maximum absolute atomic E-state index is 12.9. The quantitative estimate of drug-likeness (QED) is 0.173. The van der Waals surface area contributed by atoms with Crippen molar-refractivity contribution >= 4 is 22.9 Å². The summed E-state index contributed by atoms with van der Waals surface area (Å²) in [5, 5.41) is 10.9. The largest absolute Gasteiger partial charge is 0.455 e. The molecule has 3 aromatic rings. The summed E-state index contributed by atoms with van der Waals surface area (Å²) in [6.07, 6.45) is 6.92. The molecule has 6 nitrogen and oxygen atoms in total. The van der Waals surface area contributed by atoms with Crippen molar-refractivity contribution in [3.05, 3.63) is 82.6 Å². The van der Waals surface area contributed by atoms with E-state index in [1.54, 1.807) is 6.07 Å². The molecular weight excluding hydrogens is 516 g/mol. The maximum Gasteiger partial charge on any atom is 0.374 e. The Morgan fingerprint density at radius 1 is 1.00 bits per heavy atom. The fourth-order valence-electron chi connectivity index (χ4n) is 5.68. The van der Waals surface area contributed by atoms with Crippen LogP contribution in [0.25, 0.3) is 11.0 Å². The van der Waals surface area contributed by atoms with Crippen molar-refractivity contribution in [3.8, 4) is 0 Å². The lowest BCUT2D eigenvalue weighted by Gasteiger charge is -2.23. The molecule has 1 aliphatic heterocycles. The first kappa shape index (κ1) is 30.6. The van der Waals surface area contributed by atoms with Gasteiger partial charge in [0.05, 0.1) is 6.61 Å². The number of esters is 2. The van der Waals surface area contributed by atoms with Gasteiger partial charge in [0.1, 0.15) is 12.2 Å². The van der Waals surface area contributed by atoms with Gasteiger partial charge < -0.3 is 19.0 Å². The molecular formula is C35H44O6. The SMILES string of the molecule is Cc1ccc(CCc2ccc3oc(C(=O)OC[C@]4(CO)C/C(=C\CC(CC(C)C)CC(C)C)C(=O)O4)cc3c2)cc1. The summed E-state index contributed by atoms with van der Waals surface area (Å²) in [4.78, 5) is 25.6. The van der Waals surface area contributed by atoms with Crippen LogP contribution in [0.4, 0.5) is 0 Å². The first-order chi connectivity index (χ1) is 19.6. The Morgan fingerprint density at radius 2 is 1.66 bits per heavy atom. The van der Waals surface area contributed by atoms with E-state index >= 15 is 0 Å². The van der Waals surface area contributed by atoms with Crippen LogP contribution in [0.2, 0.25) is 0 Å². The number of aliphatic hydroxyl groups excluding tert-OH is 1. The number of carbonyl (C=O) groups is 2.